The van der Waals surface area contributed by atoms with Crippen LogP contribution in [0.25, 0.3) is 10.9 Å². The lowest BCUT2D eigenvalue weighted by atomic mass is 10.1. The number of piperidine rings is 1. The Morgan fingerprint density at radius 2 is 1.90 bits per heavy atom. The molecule has 3 N–H and O–H groups in total. The number of nitrogens with zero attached hydrogens (tertiary/aromatic N) is 2. The van der Waals surface area contributed by atoms with Crippen molar-refractivity contribution in [3.8, 4) is 0 Å². The maximum atomic E-state index is 12.7. The zero-order valence-electron chi connectivity index (χ0n) is 17.3. The van der Waals surface area contributed by atoms with E-state index in [9.17, 15) is 21.6 Å². The molecule has 2 aromatic rings. The molecule has 12 heteroatoms. The highest BCUT2D eigenvalue weighted by Gasteiger charge is 2.50. The van der Waals surface area contributed by atoms with Crippen LogP contribution in [-0.4, -0.2) is 61.9 Å². The second kappa shape index (κ2) is 10.4. The first-order valence-electron chi connectivity index (χ1n) is 9.73. The zero-order valence-corrected chi connectivity index (χ0v) is 20.4. The molecule has 3 rings (SSSR count). The van der Waals surface area contributed by atoms with Crippen LogP contribution < -0.4 is 10.6 Å². The minimum absolute atomic E-state index is 0. The van der Waals surface area contributed by atoms with Gasteiger partial charge in [0.05, 0.1) is 0 Å². The Morgan fingerprint density at radius 1 is 1.26 bits per heavy atom. The third-order valence-electron chi connectivity index (χ3n) is 5.35. The SMILES string of the molecule is CN=C(NCCc1c(C)[nH]c2ccccc12)NC1CCN(S(=O)(=O)C(F)(F)F)CC1.I. The Hall–Kier alpha value is -1.54. The van der Waals surface area contributed by atoms with E-state index in [1.165, 1.54) is 10.9 Å². The van der Waals surface area contributed by atoms with Crippen molar-refractivity contribution < 1.29 is 21.6 Å². The van der Waals surface area contributed by atoms with Gasteiger partial charge in [-0.05, 0) is 37.8 Å². The van der Waals surface area contributed by atoms with E-state index >= 15 is 0 Å². The lowest BCUT2D eigenvalue weighted by Crippen LogP contribution is -2.51. The van der Waals surface area contributed by atoms with Gasteiger partial charge < -0.3 is 15.6 Å². The standard InChI is InChI=1S/C19H26F3N5O2S.HI/c1-13-15(16-5-3-4-6-17(16)25-13)7-10-24-18(23-2)26-14-8-11-27(12-9-14)30(28,29)19(20,21)22;/h3-6,14,25H,7-12H2,1-2H3,(H2,23,24,26);1H. The number of aliphatic imine (C=N–C) groups is 1. The first kappa shape index (κ1) is 25.7. The number of para-hydroxylation sites is 1. The van der Waals surface area contributed by atoms with Crippen LogP contribution in [0.1, 0.15) is 24.1 Å². The molecule has 1 fully saturated rings. The molecule has 174 valence electrons. The molecular formula is C19H27F3IN5O2S. The monoisotopic (exact) mass is 573 g/mol. The molecule has 0 unspecified atom stereocenters. The number of H-pyrrole nitrogens is 1. The third-order valence-corrected chi connectivity index (χ3v) is 6.98. The van der Waals surface area contributed by atoms with Gasteiger partial charge in [0, 0.05) is 49.3 Å². The van der Waals surface area contributed by atoms with Crippen molar-refractivity contribution in [1.29, 1.82) is 0 Å². The van der Waals surface area contributed by atoms with Gasteiger partial charge in [-0.25, -0.2) is 8.42 Å². The number of rotatable bonds is 5. The molecule has 1 aromatic carbocycles. The number of aryl methyl sites for hydroxylation is 1. The van der Waals surface area contributed by atoms with Crippen LogP contribution in [-0.2, 0) is 16.4 Å². The number of hydrogen-bond donors (Lipinski definition) is 3. The van der Waals surface area contributed by atoms with Crippen LogP contribution in [0.4, 0.5) is 13.2 Å². The van der Waals surface area contributed by atoms with Crippen molar-refractivity contribution in [1.82, 2.24) is 19.9 Å². The molecule has 1 saturated heterocycles. The predicted octanol–water partition coefficient (Wildman–Crippen LogP) is 3.12. The lowest BCUT2D eigenvalue weighted by Gasteiger charge is -2.32. The van der Waals surface area contributed by atoms with Gasteiger partial charge in [-0.3, -0.25) is 4.99 Å². The van der Waals surface area contributed by atoms with Crippen LogP contribution in [0.5, 0.6) is 0 Å². The second-order valence-electron chi connectivity index (χ2n) is 7.29. The van der Waals surface area contributed by atoms with E-state index in [2.05, 4.69) is 26.7 Å². The molecule has 1 aliphatic heterocycles. The summed E-state index contributed by atoms with van der Waals surface area (Å²) in [5.74, 6) is 0.546. The maximum absolute atomic E-state index is 12.7. The average Bonchev–Trinajstić information content (AvgIpc) is 3.02. The van der Waals surface area contributed by atoms with Gasteiger partial charge >= 0.3 is 15.5 Å². The number of hydrogen-bond acceptors (Lipinski definition) is 3. The number of alkyl halides is 3. The molecule has 0 radical (unpaired) electrons. The van der Waals surface area contributed by atoms with Crippen molar-refractivity contribution in [2.45, 2.75) is 37.7 Å². The highest BCUT2D eigenvalue weighted by Crippen LogP contribution is 2.29. The molecule has 0 saturated carbocycles. The van der Waals surface area contributed by atoms with E-state index in [1.807, 2.05) is 25.1 Å². The van der Waals surface area contributed by atoms with E-state index in [4.69, 9.17) is 0 Å². The van der Waals surface area contributed by atoms with Crippen molar-refractivity contribution in [3.05, 3.63) is 35.5 Å². The summed E-state index contributed by atoms with van der Waals surface area (Å²) < 4.78 is 61.6. The molecule has 0 amide bonds. The van der Waals surface area contributed by atoms with Crippen molar-refractivity contribution in [3.63, 3.8) is 0 Å². The van der Waals surface area contributed by atoms with Crippen molar-refractivity contribution in [2.75, 3.05) is 26.7 Å². The third kappa shape index (κ3) is 5.83. The summed E-state index contributed by atoms with van der Waals surface area (Å²) in [7, 11) is -3.64. The number of aromatic nitrogens is 1. The highest BCUT2D eigenvalue weighted by atomic mass is 127. The molecule has 0 aliphatic carbocycles. The molecular weight excluding hydrogens is 546 g/mol. The summed E-state index contributed by atoms with van der Waals surface area (Å²) in [5, 5.41) is 7.58. The lowest BCUT2D eigenvalue weighted by molar-refractivity contribution is -0.0494. The van der Waals surface area contributed by atoms with Gasteiger partial charge in [0.25, 0.3) is 0 Å². The smallest absolute Gasteiger partial charge is 0.358 e. The van der Waals surface area contributed by atoms with Gasteiger partial charge in [-0.15, -0.1) is 24.0 Å². The van der Waals surface area contributed by atoms with Gasteiger partial charge in [-0.1, -0.05) is 18.2 Å². The fourth-order valence-corrected chi connectivity index (χ4v) is 4.72. The van der Waals surface area contributed by atoms with Gasteiger partial charge in [-0.2, -0.15) is 17.5 Å². The first-order valence-corrected chi connectivity index (χ1v) is 11.2. The number of aromatic amines is 1. The maximum Gasteiger partial charge on any atom is 0.511 e. The number of nitrogens with one attached hydrogen (secondary N) is 3. The predicted molar refractivity (Wildman–Crippen MR) is 126 cm³/mol. The van der Waals surface area contributed by atoms with E-state index in [0.717, 1.165) is 17.6 Å². The summed E-state index contributed by atoms with van der Waals surface area (Å²) in [5.41, 5.74) is -1.84. The fraction of sp³-hybridized carbons (Fsp3) is 0.526. The molecule has 0 atom stereocenters. The number of sulfonamides is 1. The summed E-state index contributed by atoms with van der Waals surface area (Å²) in [6.45, 7) is 2.31. The summed E-state index contributed by atoms with van der Waals surface area (Å²) in [4.78, 5) is 7.53. The summed E-state index contributed by atoms with van der Waals surface area (Å²) in [6, 6.07) is 7.94. The quantitative estimate of drug-likeness (QED) is 0.292. The summed E-state index contributed by atoms with van der Waals surface area (Å²) >= 11 is 0. The van der Waals surface area contributed by atoms with Crippen molar-refractivity contribution >= 4 is 50.9 Å². The number of benzene rings is 1. The van der Waals surface area contributed by atoms with Crippen LogP contribution >= 0.6 is 24.0 Å². The van der Waals surface area contributed by atoms with E-state index in [1.54, 1.807) is 7.05 Å². The minimum Gasteiger partial charge on any atom is -0.358 e. The van der Waals surface area contributed by atoms with Gasteiger partial charge in [0.1, 0.15) is 0 Å². The largest absolute Gasteiger partial charge is 0.511 e. The Morgan fingerprint density at radius 3 is 2.52 bits per heavy atom. The van der Waals surface area contributed by atoms with Crippen LogP contribution in [0.3, 0.4) is 0 Å². The Kier molecular flexibility index (Phi) is 8.62. The molecule has 2 heterocycles. The number of guanidine groups is 1. The number of fused-ring (bicyclic) bond motifs is 1. The van der Waals surface area contributed by atoms with Gasteiger partial charge in [0.15, 0.2) is 5.96 Å². The minimum atomic E-state index is -5.26. The van der Waals surface area contributed by atoms with Gasteiger partial charge in [0.2, 0.25) is 0 Å². The van der Waals surface area contributed by atoms with Crippen molar-refractivity contribution in [2.24, 2.45) is 4.99 Å². The highest BCUT2D eigenvalue weighted by molar-refractivity contribution is 14.0. The fourth-order valence-electron chi connectivity index (χ4n) is 3.74. The molecule has 0 bridgehead atoms. The van der Waals surface area contributed by atoms with E-state index in [0.29, 0.717) is 16.8 Å². The Bertz CT molecular complexity index is 1020. The molecule has 31 heavy (non-hydrogen) atoms. The normalized spacial score (nSPS) is 16.9. The molecule has 7 nitrogen and oxygen atoms in total. The van der Waals surface area contributed by atoms with Crippen LogP contribution in [0.15, 0.2) is 29.3 Å². The topological polar surface area (TPSA) is 89.6 Å². The number of halogens is 4. The Balaban J connectivity index is 0.00000341. The Labute approximate surface area is 196 Å². The average molecular weight is 573 g/mol. The summed E-state index contributed by atoms with van der Waals surface area (Å²) in [6.07, 6.45) is 1.33. The second-order valence-corrected chi connectivity index (χ2v) is 9.22. The first-order chi connectivity index (χ1) is 14.1. The molecule has 1 aliphatic rings. The van der Waals surface area contributed by atoms with Crippen LogP contribution in [0.2, 0.25) is 0 Å². The molecule has 0 spiro atoms. The van der Waals surface area contributed by atoms with E-state index in [-0.39, 0.29) is 55.9 Å². The zero-order chi connectivity index (χ0) is 21.9. The van der Waals surface area contributed by atoms with E-state index < -0.39 is 15.5 Å². The van der Waals surface area contributed by atoms with Crippen LogP contribution in [0, 0.1) is 6.92 Å². The molecule has 1 aromatic heterocycles.